The van der Waals surface area contributed by atoms with Crippen LogP contribution in [0.25, 0.3) is 11.1 Å². The van der Waals surface area contributed by atoms with E-state index in [4.69, 9.17) is 16.3 Å². The summed E-state index contributed by atoms with van der Waals surface area (Å²) in [5.74, 6) is -0.807. The molecule has 0 saturated heterocycles. The van der Waals surface area contributed by atoms with Gasteiger partial charge in [0.1, 0.15) is 5.60 Å². The molecule has 5 heteroatoms. The van der Waals surface area contributed by atoms with Gasteiger partial charge in [0.05, 0.1) is 11.3 Å². The average molecular weight is 422 g/mol. The van der Waals surface area contributed by atoms with Gasteiger partial charge in [0.15, 0.2) is 0 Å². The van der Waals surface area contributed by atoms with Crippen molar-refractivity contribution in [2.75, 3.05) is 5.32 Å². The summed E-state index contributed by atoms with van der Waals surface area (Å²) >= 11 is 6.28. The van der Waals surface area contributed by atoms with Gasteiger partial charge < -0.3 is 10.1 Å². The molecular formula is C25H24ClNO3. The van der Waals surface area contributed by atoms with Gasteiger partial charge in [0.2, 0.25) is 0 Å². The molecule has 0 unspecified atom stereocenters. The molecule has 4 nitrogen and oxygen atoms in total. The monoisotopic (exact) mass is 421 g/mol. The largest absolute Gasteiger partial charge is 0.456 e. The van der Waals surface area contributed by atoms with E-state index in [1.807, 2.05) is 37.3 Å². The number of rotatable bonds is 4. The van der Waals surface area contributed by atoms with E-state index in [9.17, 15) is 9.59 Å². The van der Waals surface area contributed by atoms with E-state index in [1.54, 1.807) is 57.2 Å². The molecule has 1 N–H and O–H groups in total. The Morgan fingerprint density at radius 1 is 0.900 bits per heavy atom. The maximum absolute atomic E-state index is 12.8. The van der Waals surface area contributed by atoms with Gasteiger partial charge in [-0.15, -0.1) is 0 Å². The zero-order valence-corrected chi connectivity index (χ0v) is 18.2. The Balaban J connectivity index is 2.02. The second-order valence-electron chi connectivity index (χ2n) is 8.05. The standard InChI is InChI=1S/C25H24ClNO3/c1-16-10-11-18(14-21(16)26)19-12-13-20(24(29)30-25(2,3)4)22(15-19)27-23(28)17-8-6-5-7-9-17/h5-15H,1-4H3,(H,27,28). The number of halogens is 1. The summed E-state index contributed by atoms with van der Waals surface area (Å²) in [6.45, 7) is 7.34. The fourth-order valence-corrected chi connectivity index (χ4v) is 3.08. The Kier molecular flexibility index (Phi) is 6.28. The minimum Gasteiger partial charge on any atom is -0.456 e. The molecule has 0 radical (unpaired) electrons. The third kappa shape index (κ3) is 5.28. The molecule has 3 aromatic rings. The van der Waals surface area contributed by atoms with Gasteiger partial charge in [-0.05, 0) is 74.7 Å². The lowest BCUT2D eigenvalue weighted by molar-refractivity contribution is 0.00708. The van der Waals surface area contributed by atoms with Crippen LogP contribution in [0.5, 0.6) is 0 Å². The molecule has 0 atom stereocenters. The smallest absolute Gasteiger partial charge is 0.340 e. The summed E-state index contributed by atoms with van der Waals surface area (Å²) in [7, 11) is 0. The third-order valence-corrected chi connectivity index (χ3v) is 4.83. The van der Waals surface area contributed by atoms with Crippen molar-refractivity contribution in [3.63, 3.8) is 0 Å². The Hall–Kier alpha value is -3.11. The quantitative estimate of drug-likeness (QED) is 0.487. The number of carbonyl (C=O) groups excluding carboxylic acids is 2. The van der Waals surface area contributed by atoms with Crippen LogP contribution >= 0.6 is 11.6 Å². The van der Waals surface area contributed by atoms with Crippen LogP contribution in [-0.2, 0) is 4.74 Å². The Morgan fingerprint density at radius 3 is 2.17 bits per heavy atom. The van der Waals surface area contributed by atoms with Crippen LogP contribution in [0.1, 0.15) is 47.1 Å². The first kappa shape index (κ1) is 21.6. The summed E-state index contributed by atoms with van der Waals surface area (Å²) in [5, 5.41) is 3.51. The highest BCUT2D eigenvalue weighted by Gasteiger charge is 2.22. The number of benzene rings is 3. The molecule has 30 heavy (non-hydrogen) atoms. The second-order valence-corrected chi connectivity index (χ2v) is 8.45. The molecule has 0 aromatic heterocycles. The molecule has 3 rings (SSSR count). The van der Waals surface area contributed by atoms with Crippen LogP contribution < -0.4 is 5.32 Å². The normalized spacial score (nSPS) is 11.1. The Labute approximate surface area is 181 Å². The van der Waals surface area contributed by atoms with E-state index in [2.05, 4.69) is 5.32 Å². The molecule has 0 heterocycles. The molecule has 0 spiro atoms. The van der Waals surface area contributed by atoms with Crippen molar-refractivity contribution in [2.24, 2.45) is 0 Å². The van der Waals surface area contributed by atoms with E-state index in [0.717, 1.165) is 16.7 Å². The van der Waals surface area contributed by atoms with E-state index in [0.29, 0.717) is 16.3 Å². The fraction of sp³-hybridized carbons (Fsp3) is 0.200. The number of ether oxygens (including phenoxy) is 1. The van der Waals surface area contributed by atoms with E-state index < -0.39 is 11.6 Å². The third-order valence-electron chi connectivity index (χ3n) is 4.43. The van der Waals surface area contributed by atoms with Crippen LogP contribution in [0, 0.1) is 6.92 Å². The first-order chi connectivity index (χ1) is 14.1. The maximum atomic E-state index is 12.8. The van der Waals surface area contributed by atoms with Crippen molar-refractivity contribution >= 4 is 29.2 Å². The zero-order chi connectivity index (χ0) is 21.9. The molecule has 0 bridgehead atoms. The van der Waals surface area contributed by atoms with Gasteiger partial charge in [0, 0.05) is 10.6 Å². The topological polar surface area (TPSA) is 55.4 Å². The van der Waals surface area contributed by atoms with Crippen molar-refractivity contribution in [1.82, 2.24) is 0 Å². The lowest BCUT2D eigenvalue weighted by atomic mass is 10.0. The van der Waals surface area contributed by atoms with Crippen LogP contribution in [-0.4, -0.2) is 17.5 Å². The molecule has 0 aliphatic rings. The molecule has 0 saturated carbocycles. The van der Waals surface area contributed by atoms with Crippen LogP contribution in [0.3, 0.4) is 0 Å². The molecule has 1 amide bonds. The summed E-state index contributed by atoms with van der Waals surface area (Å²) < 4.78 is 5.52. The minimum absolute atomic E-state index is 0.288. The summed E-state index contributed by atoms with van der Waals surface area (Å²) in [4.78, 5) is 25.5. The van der Waals surface area contributed by atoms with E-state index in [1.165, 1.54) is 0 Å². The predicted molar refractivity (Wildman–Crippen MR) is 121 cm³/mol. The number of esters is 1. The van der Waals surface area contributed by atoms with Crippen molar-refractivity contribution in [1.29, 1.82) is 0 Å². The summed E-state index contributed by atoms with van der Waals surface area (Å²) in [6.07, 6.45) is 0. The highest BCUT2D eigenvalue weighted by Crippen LogP contribution is 2.30. The van der Waals surface area contributed by atoms with Gasteiger partial charge in [-0.2, -0.15) is 0 Å². The highest BCUT2D eigenvalue weighted by atomic mass is 35.5. The zero-order valence-electron chi connectivity index (χ0n) is 17.5. The lowest BCUT2D eigenvalue weighted by Gasteiger charge is -2.21. The molecular weight excluding hydrogens is 398 g/mol. The lowest BCUT2D eigenvalue weighted by Crippen LogP contribution is -2.25. The van der Waals surface area contributed by atoms with Gasteiger partial charge in [-0.25, -0.2) is 4.79 Å². The Morgan fingerprint density at radius 2 is 1.53 bits per heavy atom. The highest BCUT2D eigenvalue weighted by molar-refractivity contribution is 6.31. The van der Waals surface area contributed by atoms with Gasteiger partial charge in [-0.3, -0.25) is 4.79 Å². The van der Waals surface area contributed by atoms with Gasteiger partial charge in [0.25, 0.3) is 5.91 Å². The van der Waals surface area contributed by atoms with Crippen LogP contribution in [0.4, 0.5) is 5.69 Å². The van der Waals surface area contributed by atoms with Crippen molar-refractivity contribution < 1.29 is 14.3 Å². The summed E-state index contributed by atoms with van der Waals surface area (Å²) in [6, 6.07) is 19.8. The molecule has 0 aliphatic carbocycles. The number of hydrogen-bond donors (Lipinski definition) is 1. The van der Waals surface area contributed by atoms with Crippen molar-refractivity contribution in [3.05, 3.63) is 88.4 Å². The van der Waals surface area contributed by atoms with E-state index in [-0.39, 0.29) is 11.5 Å². The first-order valence-corrected chi connectivity index (χ1v) is 10.0. The van der Waals surface area contributed by atoms with Crippen molar-refractivity contribution in [3.8, 4) is 11.1 Å². The van der Waals surface area contributed by atoms with Gasteiger partial charge >= 0.3 is 5.97 Å². The number of carbonyl (C=O) groups is 2. The Bertz CT molecular complexity index is 1090. The fourth-order valence-electron chi connectivity index (χ4n) is 2.89. The molecule has 0 aliphatic heterocycles. The number of amides is 1. The number of anilines is 1. The summed E-state index contributed by atoms with van der Waals surface area (Å²) in [5.41, 5.74) is 3.20. The SMILES string of the molecule is Cc1ccc(-c2ccc(C(=O)OC(C)(C)C)c(NC(=O)c3ccccc3)c2)cc1Cl. The van der Waals surface area contributed by atoms with E-state index >= 15 is 0 Å². The second kappa shape index (κ2) is 8.72. The number of aryl methyl sites for hydroxylation is 1. The maximum Gasteiger partial charge on any atom is 0.340 e. The number of hydrogen-bond acceptors (Lipinski definition) is 3. The predicted octanol–water partition coefficient (Wildman–Crippen LogP) is 6.52. The number of nitrogens with one attached hydrogen (secondary N) is 1. The minimum atomic E-state index is -0.652. The van der Waals surface area contributed by atoms with Crippen molar-refractivity contribution in [2.45, 2.75) is 33.3 Å². The molecule has 0 fully saturated rings. The van der Waals surface area contributed by atoms with Gasteiger partial charge in [-0.1, -0.05) is 48.0 Å². The molecule has 154 valence electrons. The first-order valence-electron chi connectivity index (χ1n) is 9.64. The van der Waals surface area contributed by atoms with Crippen LogP contribution in [0.2, 0.25) is 5.02 Å². The molecule has 3 aromatic carbocycles. The van der Waals surface area contributed by atoms with Crippen LogP contribution in [0.15, 0.2) is 66.7 Å². The average Bonchev–Trinajstić information content (AvgIpc) is 2.69.